The van der Waals surface area contributed by atoms with Gasteiger partial charge in [0.1, 0.15) is 29.9 Å². The number of para-hydroxylation sites is 1. The smallest absolute Gasteiger partial charge is 0.264 e. The van der Waals surface area contributed by atoms with Crippen molar-refractivity contribution >= 4 is 27.5 Å². The van der Waals surface area contributed by atoms with Gasteiger partial charge in [0.15, 0.2) is 0 Å². The molecule has 1 unspecified atom stereocenters. The number of aryl methyl sites for hydroxylation is 1. The van der Waals surface area contributed by atoms with Crippen molar-refractivity contribution in [3.8, 4) is 11.5 Å². The molecule has 0 aromatic heterocycles. The van der Waals surface area contributed by atoms with Gasteiger partial charge in [0, 0.05) is 13.6 Å². The summed E-state index contributed by atoms with van der Waals surface area (Å²) in [6.07, 6.45) is 0. The number of amides is 2. The highest BCUT2D eigenvalue weighted by Crippen LogP contribution is 2.28. The van der Waals surface area contributed by atoms with Crippen LogP contribution in [0.3, 0.4) is 0 Å². The first-order valence-electron chi connectivity index (χ1n) is 13.3. The van der Waals surface area contributed by atoms with Crippen molar-refractivity contribution in [2.24, 2.45) is 0 Å². The quantitative estimate of drug-likeness (QED) is 0.257. The van der Waals surface area contributed by atoms with Crippen LogP contribution in [0, 0.1) is 12.7 Å². The van der Waals surface area contributed by atoms with Crippen LogP contribution in [0.4, 0.5) is 10.1 Å². The molecule has 0 aliphatic rings. The summed E-state index contributed by atoms with van der Waals surface area (Å²) in [6, 6.07) is 26.4. The Labute approximate surface area is 245 Å². The van der Waals surface area contributed by atoms with E-state index in [0.717, 1.165) is 9.87 Å². The number of anilines is 1. The zero-order valence-electron chi connectivity index (χ0n) is 23.5. The number of carbonyl (C=O) groups is 2. The van der Waals surface area contributed by atoms with E-state index in [4.69, 9.17) is 4.74 Å². The SMILES string of the molecule is CNC(=O)C(C)N(Cc1ccc(F)cc1)C(=O)CN(c1ccc(Oc2ccccc2)cc1)S(=O)(=O)c1ccc(C)cc1. The minimum Gasteiger partial charge on any atom is -0.457 e. The zero-order chi connectivity index (χ0) is 30.3. The van der Waals surface area contributed by atoms with Gasteiger partial charge in [0.2, 0.25) is 11.8 Å². The molecule has 0 fully saturated rings. The van der Waals surface area contributed by atoms with E-state index < -0.39 is 40.2 Å². The number of ether oxygens (including phenoxy) is 1. The Morgan fingerprint density at radius 1 is 0.857 bits per heavy atom. The summed E-state index contributed by atoms with van der Waals surface area (Å²) < 4.78 is 48.3. The first kappa shape index (κ1) is 30.3. The van der Waals surface area contributed by atoms with E-state index in [9.17, 15) is 22.4 Å². The Kier molecular flexibility index (Phi) is 9.59. The minimum absolute atomic E-state index is 0.00921. The van der Waals surface area contributed by atoms with Crippen molar-refractivity contribution < 1.29 is 27.1 Å². The van der Waals surface area contributed by atoms with Crippen molar-refractivity contribution in [1.82, 2.24) is 10.2 Å². The second-order valence-corrected chi connectivity index (χ2v) is 11.5. The fraction of sp³-hybridized carbons (Fsp3) is 0.188. The molecule has 1 atom stereocenters. The zero-order valence-corrected chi connectivity index (χ0v) is 24.3. The number of carbonyl (C=O) groups excluding carboxylic acids is 2. The van der Waals surface area contributed by atoms with Crippen molar-refractivity contribution in [3.63, 3.8) is 0 Å². The number of hydrogen-bond acceptors (Lipinski definition) is 5. The van der Waals surface area contributed by atoms with Crippen molar-refractivity contribution in [2.75, 3.05) is 17.9 Å². The maximum atomic E-state index is 13.9. The van der Waals surface area contributed by atoms with Crippen LogP contribution >= 0.6 is 0 Å². The number of benzene rings is 4. The minimum atomic E-state index is -4.21. The lowest BCUT2D eigenvalue weighted by Gasteiger charge is -2.31. The average molecular weight is 590 g/mol. The fourth-order valence-electron chi connectivity index (χ4n) is 4.25. The molecule has 0 spiro atoms. The lowest BCUT2D eigenvalue weighted by Crippen LogP contribution is -2.50. The van der Waals surface area contributed by atoms with Crippen LogP contribution in [-0.4, -0.2) is 44.8 Å². The summed E-state index contributed by atoms with van der Waals surface area (Å²) in [5.41, 5.74) is 1.69. The monoisotopic (exact) mass is 589 g/mol. The second kappa shape index (κ2) is 13.3. The number of hydrogen-bond donors (Lipinski definition) is 1. The Morgan fingerprint density at radius 3 is 2.05 bits per heavy atom. The van der Waals surface area contributed by atoms with Gasteiger partial charge in [-0.15, -0.1) is 0 Å². The number of halogens is 1. The molecular weight excluding hydrogens is 557 g/mol. The van der Waals surface area contributed by atoms with Gasteiger partial charge in [0.25, 0.3) is 10.0 Å². The van der Waals surface area contributed by atoms with Crippen LogP contribution in [0.1, 0.15) is 18.1 Å². The summed E-state index contributed by atoms with van der Waals surface area (Å²) in [5.74, 6) is -0.387. The van der Waals surface area contributed by atoms with Crippen molar-refractivity contribution in [1.29, 1.82) is 0 Å². The highest BCUT2D eigenvalue weighted by molar-refractivity contribution is 7.92. The molecule has 218 valence electrons. The molecule has 0 saturated carbocycles. The number of likely N-dealkylation sites (N-methyl/N-ethyl adjacent to an activating group) is 1. The molecule has 10 heteroatoms. The first-order chi connectivity index (χ1) is 20.1. The predicted molar refractivity (Wildman–Crippen MR) is 159 cm³/mol. The standard InChI is InChI=1S/C32H32FN3O5S/c1-23-9-19-30(20-10-23)42(39,40)36(27-15-17-29(18-16-27)41-28-7-5-4-6-8-28)22-31(37)35(24(2)32(38)34-3)21-25-11-13-26(33)14-12-25/h4-20,24H,21-22H2,1-3H3,(H,34,38). The summed E-state index contributed by atoms with van der Waals surface area (Å²) in [4.78, 5) is 27.7. The van der Waals surface area contributed by atoms with Crippen molar-refractivity contribution in [3.05, 3.63) is 120 Å². The van der Waals surface area contributed by atoms with Gasteiger partial charge in [-0.1, -0.05) is 48.0 Å². The normalized spacial score (nSPS) is 11.8. The molecule has 0 saturated heterocycles. The second-order valence-electron chi connectivity index (χ2n) is 9.67. The Morgan fingerprint density at radius 2 is 1.45 bits per heavy atom. The molecule has 4 aromatic carbocycles. The van der Waals surface area contributed by atoms with E-state index in [0.29, 0.717) is 17.1 Å². The molecule has 0 radical (unpaired) electrons. The van der Waals surface area contributed by atoms with Gasteiger partial charge in [-0.05, 0) is 80.1 Å². The van der Waals surface area contributed by atoms with Crippen LogP contribution in [0.5, 0.6) is 11.5 Å². The third-order valence-corrected chi connectivity index (χ3v) is 8.46. The first-order valence-corrected chi connectivity index (χ1v) is 14.7. The molecule has 1 N–H and O–H groups in total. The molecule has 42 heavy (non-hydrogen) atoms. The van der Waals surface area contributed by atoms with Gasteiger partial charge in [0.05, 0.1) is 10.6 Å². The van der Waals surface area contributed by atoms with Crippen LogP contribution in [0.15, 0.2) is 108 Å². The Hall–Kier alpha value is -4.70. The van der Waals surface area contributed by atoms with Crippen LogP contribution < -0.4 is 14.4 Å². The molecule has 0 aliphatic carbocycles. The summed E-state index contributed by atoms with van der Waals surface area (Å²) >= 11 is 0. The Balaban J connectivity index is 1.69. The lowest BCUT2D eigenvalue weighted by molar-refractivity contribution is -0.139. The lowest BCUT2D eigenvalue weighted by atomic mass is 10.1. The average Bonchev–Trinajstić information content (AvgIpc) is 3.00. The third kappa shape index (κ3) is 7.32. The van der Waals surface area contributed by atoms with E-state index in [1.807, 2.05) is 25.1 Å². The van der Waals surface area contributed by atoms with E-state index in [1.165, 1.54) is 48.3 Å². The Bertz CT molecular complexity index is 1610. The third-order valence-electron chi connectivity index (χ3n) is 6.67. The molecule has 8 nitrogen and oxygen atoms in total. The molecule has 4 rings (SSSR count). The molecular formula is C32H32FN3O5S. The fourth-order valence-corrected chi connectivity index (χ4v) is 5.66. The number of nitrogens with one attached hydrogen (secondary N) is 1. The van der Waals surface area contributed by atoms with E-state index in [2.05, 4.69) is 5.32 Å². The number of sulfonamides is 1. The van der Waals surface area contributed by atoms with E-state index in [-0.39, 0.29) is 17.1 Å². The van der Waals surface area contributed by atoms with Gasteiger partial charge >= 0.3 is 0 Å². The van der Waals surface area contributed by atoms with Crippen LogP contribution in [0.25, 0.3) is 0 Å². The number of rotatable bonds is 11. The van der Waals surface area contributed by atoms with E-state index >= 15 is 0 Å². The predicted octanol–water partition coefficient (Wildman–Crippen LogP) is 5.29. The molecule has 0 bridgehead atoms. The van der Waals surface area contributed by atoms with Gasteiger partial charge < -0.3 is 15.0 Å². The van der Waals surface area contributed by atoms with Gasteiger partial charge in [-0.25, -0.2) is 12.8 Å². The molecule has 4 aromatic rings. The highest BCUT2D eigenvalue weighted by atomic mass is 32.2. The summed E-state index contributed by atoms with van der Waals surface area (Å²) in [7, 11) is -2.76. The largest absolute Gasteiger partial charge is 0.457 e. The maximum Gasteiger partial charge on any atom is 0.264 e. The van der Waals surface area contributed by atoms with Gasteiger partial charge in [-0.2, -0.15) is 0 Å². The van der Waals surface area contributed by atoms with Crippen molar-refractivity contribution in [2.45, 2.75) is 31.3 Å². The molecule has 0 aliphatic heterocycles. The van der Waals surface area contributed by atoms with E-state index in [1.54, 1.807) is 55.5 Å². The molecule has 2 amide bonds. The summed E-state index contributed by atoms with van der Waals surface area (Å²) in [6.45, 7) is 2.78. The summed E-state index contributed by atoms with van der Waals surface area (Å²) in [5, 5.41) is 2.53. The van der Waals surface area contributed by atoms with Crippen LogP contribution in [0.2, 0.25) is 0 Å². The molecule has 0 heterocycles. The maximum absolute atomic E-state index is 13.9. The topological polar surface area (TPSA) is 96.0 Å². The van der Waals surface area contributed by atoms with Gasteiger partial charge in [-0.3, -0.25) is 13.9 Å². The highest BCUT2D eigenvalue weighted by Gasteiger charge is 2.32. The number of nitrogens with zero attached hydrogens (tertiary/aromatic N) is 2. The van der Waals surface area contributed by atoms with Crippen LogP contribution in [-0.2, 0) is 26.2 Å².